The molecule has 0 bridgehead atoms. The molecule has 110 valence electrons. The summed E-state index contributed by atoms with van der Waals surface area (Å²) in [6.45, 7) is -0.482. The summed E-state index contributed by atoms with van der Waals surface area (Å²) in [5.74, 6) is -0.142. The monoisotopic (exact) mass is 285 g/mol. The van der Waals surface area contributed by atoms with Crippen LogP contribution in [0.4, 0.5) is 5.95 Å². The number of anilines is 1. The number of H-pyrrole nitrogens is 1. The average molecular weight is 285 g/mol. The third-order valence-corrected chi connectivity index (χ3v) is 2.93. The summed E-state index contributed by atoms with van der Waals surface area (Å²) in [6, 6.07) is 0. The van der Waals surface area contributed by atoms with Gasteiger partial charge in [-0.2, -0.15) is 14.6 Å². The molecular formula is C10H15N5O5. The van der Waals surface area contributed by atoms with Gasteiger partial charge in [0.05, 0.1) is 12.8 Å². The second kappa shape index (κ2) is 5.54. The van der Waals surface area contributed by atoms with Crippen LogP contribution in [0.2, 0.25) is 0 Å². The van der Waals surface area contributed by atoms with Crippen LogP contribution >= 0.6 is 0 Å². The van der Waals surface area contributed by atoms with E-state index in [1.165, 1.54) is 13.3 Å². The molecule has 6 N–H and O–H groups in total. The van der Waals surface area contributed by atoms with Crippen molar-refractivity contribution in [2.75, 3.05) is 19.5 Å². The zero-order valence-electron chi connectivity index (χ0n) is 10.6. The fourth-order valence-corrected chi connectivity index (χ4v) is 1.84. The van der Waals surface area contributed by atoms with Crippen LogP contribution in [-0.2, 0) is 4.74 Å². The van der Waals surface area contributed by atoms with Crippen molar-refractivity contribution >= 4 is 11.6 Å². The Labute approximate surface area is 112 Å². The Kier molecular flexibility index (Phi) is 3.99. The van der Waals surface area contributed by atoms with Crippen molar-refractivity contribution < 1.29 is 20.1 Å². The Hall–Kier alpha value is -2.01. The van der Waals surface area contributed by atoms with Crippen molar-refractivity contribution in [3.05, 3.63) is 22.2 Å². The number of nitrogen functional groups attached to an aromatic ring is 1. The molecule has 0 saturated carbocycles. The Morgan fingerprint density at radius 1 is 1.55 bits per heavy atom. The molecule has 20 heavy (non-hydrogen) atoms. The number of aromatic nitrogens is 4. The predicted molar refractivity (Wildman–Crippen MR) is 66.9 cm³/mol. The van der Waals surface area contributed by atoms with E-state index >= 15 is 0 Å². The lowest BCUT2D eigenvalue weighted by atomic mass is 10.0. The van der Waals surface area contributed by atoms with Gasteiger partial charge in [-0.15, -0.1) is 0 Å². The molecule has 0 aromatic carbocycles. The average Bonchev–Trinajstić information content (AvgIpc) is 2.83. The van der Waals surface area contributed by atoms with Crippen molar-refractivity contribution in [3.63, 3.8) is 0 Å². The standard InChI is InChI=1S/C10H15N5O5/c1-20-5(3-16)7(18)6(17)4-2-12-15-8(4)13-9(11)14-10(15)19/h2,5-7,16-18H,3H2,1H3,(H3,11,13,14,19). The summed E-state index contributed by atoms with van der Waals surface area (Å²) in [5.41, 5.74) is 4.93. The van der Waals surface area contributed by atoms with E-state index in [1.54, 1.807) is 0 Å². The fraction of sp³-hybridized carbons (Fsp3) is 0.500. The lowest BCUT2D eigenvalue weighted by molar-refractivity contribution is -0.0935. The van der Waals surface area contributed by atoms with Crippen molar-refractivity contribution in [2.45, 2.75) is 18.3 Å². The van der Waals surface area contributed by atoms with E-state index in [9.17, 15) is 15.0 Å². The molecule has 0 aliphatic carbocycles. The van der Waals surface area contributed by atoms with Crippen LogP contribution in [0.3, 0.4) is 0 Å². The summed E-state index contributed by atoms with van der Waals surface area (Å²) >= 11 is 0. The quantitative estimate of drug-likeness (QED) is 0.400. The summed E-state index contributed by atoms with van der Waals surface area (Å²) in [5, 5.41) is 32.8. The highest BCUT2D eigenvalue weighted by molar-refractivity contribution is 5.49. The highest BCUT2D eigenvalue weighted by Gasteiger charge is 2.30. The van der Waals surface area contributed by atoms with Crippen LogP contribution in [-0.4, -0.2) is 60.8 Å². The van der Waals surface area contributed by atoms with Gasteiger partial charge in [-0.25, -0.2) is 4.79 Å². The van der Waals surface area contributed by atoms with E-state index in [0.29, 0.717) is 0 Å². The smallest absolute Gasteiger partial charge is 0.350 e. The minimum atomic E-state index is -1.45. The number of nitrogens with two attached hydrogens (primary N) is 1. The van der Waals surface area contributed by atoms with E-state index in [-0.39, 0.29) is 17.2 Å². The molecule has 0 amide bonds. The topological polar surface area (TPSA) is 159 Å². The van der Waals surface area contributed by atoms with E-state index in [1.807, 2.05) is 0 Å². The molecule has 0 fully saturated rings. The largest absolute Gasteiger partial charge is 0.394 e. The van der Waals surface area contributed by atoms with Gasteiger partial charge in [-0.1, -0.05) is 0 Å². The minimum absolute atomic E-state index is 0.0191. The predicted octanol–water partition coefficient (Wildman–Crippen LogP) is -2.60. The van der Waals surface area contributed by atoms with Crippen LogP contribution < -0.4 is 11.4 Å². The van der Waals surface area contributed by atoms with Gasteiger partial charge in [0.1, 0.15) is 18.3 Å². The first-order valence-corrected chi connectivity index (χ1v) is 5.72. The van der Waals surface area contributed by atoms with Crippen LogP contribution in [0.5, 0.6) is 0 Å². The molecule has 0 saturated heterocycles. The van der Waals surface area contributed by atoms with Gasteiger partial charge in [0.2, 0.25) is 5.95 Å². The number of hydrogen-bond acceptors (Lipinski definition) is 8. The molecule has 2 aromatic rings. The Bertz CT molecular complexity index is 649. The van der Waals surface area contributed by atoms with Crippen LogP contribution in [0, 0.1) is 0 Å². The highest BCUT2D eigenvalue weighted by atomic mass is 16.5. The minimum Gasteiger partial charge on any atom is -0.394 e. The zero-order chi connectivity index (χ0) is 14.9. The third-order valence-electron chi connectivity index (χ3n) is 2.93. The third kappa shape index (κ3) is 2.36. The molecule has 0 aliphatic heterocycles. The Balaban J connectivity index is 2.45. The fourth-order valence-electron chi connectivity index (χ4n) is 1.84. The maximum atomic E-state index is 11.6. The van der Waals surface area contributed by atoms with E-state index < -0.39 is 30.6 Å². The van der Waals surface area contributed by atoms with E-state index in [4.69, 9.17) is 15.6 Å². The van der Waals surface area contributed by atoms with Crippen LogP contribution in [0.15, 0.2) is 11.0 Å². The number of fused-ring (bicyclic) bond motifs is 1. The van der Waals surface area contributed by atoms with Gasteiger partial charge in [-0.3, -0.25) is 4.98 Å². The number of aromatic amines is 1. The number of nitrogens with one attached hydrogen (secondary N) is 1. The second-order valence-corrected chi connectivity index (χ2v) is 4.15. The van der Waals surface area contributed by atoms with Crippen molar-refractivity contribution in [1.82, 2.24) is 19.6 Å². The van der Waals surface area contributed by atoms with Gasteiger partial charge in [-0.05, 0) is 0 Å². The van der Waals surface area contributed by atoms with Gasteiger partial charge >= 0.3 is 5.69 Å². The molecular weight excluding hydrogens is 270 g/mol. The van der Waals surface area contributed by atoms with E-state index in [2.05, 4.69) is 15.1 Å². The number of ether oxygens (including phenoxy) is 1. The number of methoxy groups -OCH3 is 1. The number of aliphatic hydroxyl groups is 3. The summed E-state index contributed by atoms with van der Waals surface area (Å²) in [4.78, 5) is 17.7. The molecule has 2 rings (SSSR count). The number of aliphatic hydroxyl groups excluding tert-OH is 3. The number of nitrogens with zero attached hydrogens (tertiary/aromatic N) is 3. The Morgan fingerprint density at radius 3 is 2.85 bits per heavy atom. The SMILES string of the molecule is COC(CO)C(O)C(O)c1cnn2c(=O)[nH]c(N)nc12. The molecule has 0 aliphatic rings. The van der Waals surface area contributed by atoms with Crippen LogP contribution in [0.25, 0.3) is 5.65 Å². The second-order valence-electron chi connectivity index (χ2n) is 4.15. The van der Waals surface area contributed by atoms with E-state index in [0.717, 1.165) is 4.52 Å². The number of hydrogen-bond donors (Lipinski definition) is 5. The first-order valence-electron chi connectivity index (χ1n) is 5.72. The van der Waals surface area contributed by atoms with Crippen molar-refractivity contribution in [1.29, 1.82) is 0 Å². The number of rotatable bonds is 5. The first kappa shape index (κ1) is 14.4. The van der Waals surface area contributed by atoms with Gasteiger partial charge in [0, 0.05) is 12.7 Å². The molecule has 2 aromatic heterocycles. The van der Waals surface area contributed by atoms with Crippen molar-refractivity contribution in [3.8, 4) is 0 Å². The molecule has 10 nitrogen and oxygen atoms in total. The van der Waals surface area contributed by atoms with Crippen molar-refractivity contribution in [2.24, 2.45) is 0 Å². The summed E-state index contributed by atoms with van der Waals surface area (Å²) in [7, 11) is 1.29. The lowest BCUT2D eigenvalue weighted by Gasteiger charge is -2.23. The molecule has 3 unspecified atom stereocenters. The summed E-state index contributed by atoms with van der Waals surface area (Å²) < 4.78 is 5.74. The van der Waals surface area contributed by atoms with Gasteiger partial charge in [0.15, 0.2) is 5.65 Å². The zero-order valence-corrected chi connectivity index (χ0v) is 10.6. The first-order chi connectivity index (χ1) is 9.49. The normalized spacial score (nSPS) is 16.2. The molecule has 0 radical (unpaired) electrons. The maximum absolute atomic E-state index is 11.6. The lowest BCUT2D eigenvalue weighted by Crippen LogP contribution is -2.36. The molecule has 3 atom stereocenters. The molecule has 0 spiro atoms. The summed E-state index contributed by atoms with van der Waals surface area (Å²) in [6.07, 6.45) is -2.66. The van der Waals surface area contributed by atoms with Crippen LogP contribution in [0.1, 0.15) is 11.7 Å². The molecule has 2 heterocycles. The molecule has 10 heteroatoms. The maximum Gasteiger partial charge on any atom is 0.350 e. The van der Waals surface area contributed by atoms with Gasteiger partial charge < -0.3 is 25.8 Å². The van der Waals surface area contributed by atoms with Gasteiger partial charge in [0.25, 0.3) is 0 Å². The Morgan fingerprint density at radius 2 is 2.25 bits per heavy atom. The highest BCUT2D eigenvalue weighted by Crippen LogP contribution is 2.22.